The number of hydrogen-bond acceptors (Lipinski definition) is 3. The maximum atomic E-state index is 10.7. The lowest BCUT2D eigenvalue weighted by Crippen LogP contribution is -2.17. The van der Waals surface area contributed by atoms with Crippen LogP contribution in [0, 0.1) is 10.1 Å². The van der Waals surface area contributed by atoms with Crippen LogP contribution in [0.15, 0.2) is 30.5 Å². The highest BCUT2D eigenvalue weighted by Gasteiger charge is 2.18. The van der Waals surface area contributed by atoms with E-state index in [0.29, 0.717) is 0 Å². The molecule has 1 aromatic carbocycles. The van der Waals surface area contributed by atoms with Crippen LogP contribution in [0.2, 0.25) is 0 Å². The summed E-state index contributed by atoms with van der Waals surface area (Å²) in [6, 6.07) is 6.85. The Balaban J connectivity index is 2.01. The van der Waals surface area contributed by atoms with Gasteiger partial charge in [0.05, 0.1) is 10.4 Å². The number of nitrogens with zero attached hydrogens (tertiary/aromatic N) is 2. The van der Waals surface area contributed by atoms with Crippen LogP contribution in [0.4, 0.5) is 5.69 Å². The molecule has 94 valence electrons. The first-order valence-corrected chi connectivity index (χ1v) is 6.12. The second-order valence-electron chi connectivity index (χ2n) is 4.54. The molecule has 1 aliphatic rings. The van der Waals surface area contributed by atoms with Crippen molar-refractivity contribution in [3.63, 3.8) is 0 Å². The summed E-state index contributed by atoms with van der Waals surface area (Å²) in [4.78, 5) is 10.4. The summed E-state index contributed by atoms with van der Waals surface area (Å²) >= 11 is 0. The van der Waals surface area contributed by atoms with Gasteiger partial charge in [-0.05, 0) is 31.4 Å². The van der Waals surface area contributed by atoms with Crippen molar-refractivity contribution in [1.29, 1.82) is 0 Å². The van der Waals surface area contributed by atoms with E-state index < -0.39 is 0 Å². The third-order valence-electron chi connectivity index (χ3n) is 3.38. The number of fused-ring (bicyclic) bond motifs is 1. The summed E-state index contributed by atoms with van der Waals surface area (Å²) in [7, 11) is 0. The second kappa shape index (κ2) is 4.42. The summed E-state index contributed by atoms with van der Waals surface area (Å²) < 4.78 is 7.80. The lowest BCUT2D eigenvalue weighted by atomic mass is 10.2. The molecule has 0 aliphatic carbocycles. The molecule has 0 bridgehead atoms. The molecule has 1 aliphatic heterocycles. The highest BCUT2D eigenvalue weighted by molar-refractivity contribution is 5.82. The van der Waals surface area contributed by atoms with Gasteiger partial charge in [0.15, 0.2) is 0 Å². The molecule has 1 saturated heterocycles. The molecule has 2 aromatic rings. The van der Waals surface area contributed by atoms with E-state index in [0.717, 1.165) is 36.8 Å². The van der Waals surface area contributed by atoms with Crippen LogP contribution < -0.4 is 0 Å². The summed E-state index contributed by atoms with van der Waals surface area (Å²) in [6.07, 6.45) is 5.29. The molecule has 0 amide bonds. The fourth-order valence-corrected chi connectivity index (χ4v) is 2.46. The van der Waals surface area contributed by atoms with E-state index in [1.807, 2.05) is 12.3 Å². The van der Waals surface area contributed by atoms with Gasteiger partial charge >= 0.3 is 0 Å². The number of aromatic nitrogens is 1. The highest BCUT2D eigenvalue weighted by Crippen LogP contribution is 2.29. The van der Waals surface area contributed by atoms with Gasteiger partial charge in [-0.3, -0.25) is 10.1 Å². The van der Waals surface area contributed by atoms with E-state index in [2.05, 4.69) is 4.57 Å². The number of rotatable bonds is 2. The van der Waals surface area contributed by atoms with Crippen LogP contribution in [0.5, 0.6) is 0 Å². The molecule has 18 heavy (non-hydrogen) atoms. The molecule has 0 radical (unpaired) electrons. The summed E-state index contributed by atoms with van der Waals surface area (Å²) in [6.45, 7) is 0.789. The number of benzene rings is 1. The Morgan fingerprint density at radius 3 is 2.94 bits per heavy atom. The van der Waals surface area contributed by atoms with Crippen LogP contribution in [0.3, 0.4) is 0 Å². The van der Waals surface area contributed by atoms with Gasteiger partial charge in [-0.1, -0.05) is 0 Å². The molecule has 5 heteroatoms. The van der Waals surface area contributed by atoms with Gasteiger partial charge in [-0.25, -0.2) is 0 Å². The van der Waals surface area contributed by atoms with Gasteiger partial charge in [0.2, 0.25) is 0 Å². The third kappa shape index (κ3) is 1.86. The molecule has 0 saturated carbocycles. The van der Waals surface area contributed by atoms with E-state index in [-0.39, 0.29) is 16.8 Å². The van der Waals surface area contributed by atoms with Crippen LogP contribution >= 0.6 is 0 Å². The number of ether oxygens (including phenoxy) is 1. The fraction of sp³-hybridized carbons (Fsp3) is 0.385. The Morgan fingerprint density at radius 1 is 1.33 bits per heavy atom. The smallest absolute Gasteiger partial charge is 0.270 e. The van der Waals surface area contributed by atoms with Crippen molar-refractivity contribution in [3.8, 4) is 0 Å². The number of nitro groups is 1. The van der Waals surface area contributed by atoms with Crippen molar-refractivity contribution in [2.45, 2.75) is 25.5 Å². The minimum Gasteiger partial charge on any atom is -0.358 e. The van der Waals surface area contributed by atoms with Crippen LogP contribution in [0.1, 0.15) is 25.5 Å². The Hall–Kier alpha value is -1.88. The van der Waals surface area contributed by atoms with E-state index in [4.69, 9.17) is 4.74 Å². The van der Waals surface area contributed by atoms with Crippen molar-refractivity contribution in [2.75, 3.05) is 6.61 Å². The molecule has 1 fully saturated rings. The topological polar surface area (TPSA) is 57.3 Å². The molecule has 5 nitrogen and oxygen atoms in total. The molecular weight excluding hydrogens is 232 g/mol. The van der Waals surface area contributed by atoms with Gasteiger partial charge in [0.1, 0.15) is 6.23 Å². The van der Waals surface area contributed by atoms with Gasteiger partial charge < -0.3 is 9.30 Å². The molecule has 0 spiro atoms. The van der Waals surface area contributed by atoms with Crippen molar-refractivity contribution in [2.24, 2.45) is 0 Å². The maximum absolute atomic E-state index is 10.7. The lowest BCUT2D eigenvalue weighted by molar-refractivity contribution is -0.384. The standard InChI is InChI=1S/C13H14N2O3/c16-15(17)11-4-5-12-10(9-11)6-7-14(12)13-3-1-2-8-18-13/h4-7,9,13H,1-3,8H2. The SMILES string of the molecule is O=[N+]([O-])c1ccc2c(ccn2C2CCCCO2)c1. The first-order valence-electron chi connectivity index (χ1n) is 6.12. The largest absolute Gasteiger partial charge is 0.358 e. The van der Waals surface area contributed by atoms with Crippen molar-refractivity contribution >= 4 is 16.6 Å². The zero-order chi connectivity index (χ0) is 12.5. The average Bonchev–Trinajstić information content (AvgIpc) is 2.82. The fourth-order valence-electron chi connectivity index (χ4n) is 2.46. The Kier molecular flexibility index (Phi) is 2.76. The maximum Gasteiger partial charge on any atom is 0.270 e. The van der Waals surface area contributed by atoms with E-state index >= 15 is 0 Å². The lowest BCUT2D eigenvalue weighted by Gasteiger charge is -2.24. The number of non-ortho nitro benzene ring substituents is 1. The van der Waals surface area contributed by atoms with Crippen LogP contribution in [-0.4, -0.2) is 16.1 Å². The van der Waals surface area contributed by atoms with Crippen LogP contribution in [0.25, 0.3) is 10.9 Å². The predicted molar refractivity (Wildman–Crippen MR) is 67.4 cm³/mol. The van der Waals surface area contributed by atoms with Crippen molar-refractivity contribution in [1.82, 2.24) is 4.57 Å². The number of hydrogen-bond donors (Lipinski definition) is 0. The molecular formula is C13H14N2O3. The van der Waals surface area contributed by atoms with Gasteiger partial charge in [0.25, 0.3) is 5.69 Å². The number of nitro benzene ring substituents is 1. The minimum absolute atomic E-state index is 0.0673. The van der Waals surface area contributed by atoms with Gasteiger partial charge in [-0.15, -0.1) is 0 Å². The zero-order valence-electron chi connectivity index (χ0n) is 9.91. The zero-order valence-corrected chi connectivity index (χ0v) is 9.91. The Bertz CT molecular complexity index is 585. The van der Waals surface area contributed by atoms with E-state index in [1.54, 1.807) is 18.2 Å². The summed E-state index contributed by atoms with van der Waals surface area (Å²) in [5.74, 6) is 0. The highest BCUT2D eigenvalue weighted by atomic mass is 16.6. The van der Waals surface area contributed by atoms with Gasteiger partial charge in [0, 0.05) is 30.3 Å². The normalized spacial score (nSPS) is 20.1. The quantitative estimate of drug-likeness (QED) is 0.603. The minimum atomic E-state index is -0.367. The molecule has 2 heterocycles. The molecule has 1 atom stereocenters. The molecule has 1 aromatic heterocycles. The second-order valence-corrected chi connectivity index (χ2v) is 4.54. The van der Waals surface area contributed by atoms with Gasteiger partial charge in [-0.2, -0.15) is 0 Å². The van der Waals surface area contributed by atoms with E-state index in [9.17, 15) is 10.1 Å². The summed E-state index contributed by atoms with van der Waals surface area (Å²) in [5.41, 5.74) is 1.12. The monoisotopic (exact) mass is 246 g/mol. The first kappa shape index (κ1) is 11.2. The molecule has 1 unspecified atom stereocenters. The molecule has 3 rings (SSSR count). The average molecular weight is 246 g/mol. The van der Waals surface area contributed by atoms with Crippen molar-refractivity contribution in [3.05, 3.63) is 40.6 Å². The predicted octanol–water partition coefficient (Wildman–Crippen LogP) is 3.25. The molecule has 0 N–H and O–H groups in total. The third-order valence-corrected chi connectivity index (χ3v) is 3.38. The Labute approximate surface area is 104 Å². The Morgan fingerprint density at radius 2 is 2.22 bits per heavy atom. The van der Waals surface area contributed by atoms with Crippen LogP contribution in [-0.2, 0) is 4.74 Å². The summed E-state index contributed by atoms with van der Waals surface area (Å²) in [5, 5.41) is 11.6. The van der Waals surface area contributed by atoms with E-state index in [1.165, 1.54) is 0 Å². The first-order chi connectivity index (χ1) is 8.75. The van der Waals surface area contributed by atoms with Crippen molar-refractivity contribution < 1.29 is 9.66 Å².